The minimum Gasteiger partial charge on any atom is -0.496 e. The monoisotopic (exact) mass is 555 g/mol. The lowest BCUT2D eigenvalue weighted by Gasteiger charge is -2.20. The fourth-order valence-electron chi connectivity index (χ4n) is 4.28. The minimum atomic E-state index is -2.74. The van der Waals surface area contributed by atoms with Gasteiger partial charge >= 0.3 is 17.9 Å². The average Bonchev–Trinajstić information content (AvgIpc) is 2.90. The van der Waals surface area contributed by atoms with Crippen LogP contribution in [0.3, 0.4) is 0 Å². The molecule has 0 aliphatic rings. The lowest BCUT2D eigenvalue weighted by molar-refractivity contribution is -0.170. The predicted octanol–water partition coefficient (Wildman–Crippen LogP) is 4.28. The molecule has 0 radical (unpaired) electrons. The summed E-state index contributed by atoms with van der Waals surface area (Å²) in [6, 6.07) is 21.3. The van der Waals surface area contributed by atoms with Gasteiger partial charge in [0, 0.05) is 23.4 Å². The van der Waals surface area contributed by atoms with Gasteiger partial charge in [-0.2, -0.15) is 0 Å². The normalized spacial score (nSPS) is 11.7. The molecule has 0 amide bonds. The van der Waals surface area contributed by atoms with Gasteiger partial charge in [-0.15, -0.1) is 0 Å². The van der Waals surface area contributed by atoms with Crippen molar-refractivity contribution >= 4 is 28.7 Å². The Bertz CT molecular complexity index is 1280. The molecule has 3 aromatic carbocycles. The smallest absolute Gasteiger partial charge is 0.336 e. The van der Waals surface area contributed by atoms with Gasteiger partial charge in [0.1, 0.15) is 11.5 Å². The molecule has 0 bridgehead atoms. The van der Waals surface area contributed by atoms with Gasteiger partial charge in [0.05, 0.1) is 26.6 Å². The lowest BCUT2D eigenvalue weighted by Crippen LogP contribution is -2.42. The number of aliphatic carboxylic acids is 3. The Morgan fingerprint density at radius 1 is 0.925 bits per heavy atom. The second kappa shape index (κ2) is 15.4. The summed E-state index contributed by atoms with van der Waals surface area (Å²) in [5.74, 6) is -3.16. The van der Waals surface area contributed by atoms with Crippen LogP contribution in [-0.4, -0.2) is 64.7 Å². The number of hydrogen-bond acceptors (Lipinski definition) is 7. The maximum Gasteiger partial charge on any atom is 0.336 e. The quantitative estimate of drug-likeness (QED) is 0.194. The van der Waals surface area contributed by atoms with Crippen molar-refractivity contribution in [3.8, 4) is 11.5 Å². The topological polar surface area (TPSA) is 163 Å². The molecule has 0 aliphatic heterocycles. The first-order chi connectivity index (χ1) is 19.0. The Hall–Kier alpha value is -4.15. The number of carboxylic acids is 3. The lowest BCUT2D eigenvalue weighted by atomic mass is 9.96. The number of carboxylic acid groups (broad SMARTS) is 3. The average molecular weight is 556 g/mol. The third kappa shape index (κ3) is 9.25. The second-order valence-corrected chi connectivity index (χ2v) is 9.26. The van der Waals surface area contributed by atoms with Crippen molar-refractivity contribution in [2.45, 2.75) is 50.7 Å². The van der Waals surface area contributed by atoms with E-state index in [1.807, 2.05) is 25.2 Å². The molecular weight excluding hydrogens is 518 g/mol. The van der Waals surface area contributed by atoms with Crippen LogP contribution in [0.2, 0.25) is 0 Å². The molecule has 0 aromatic heterocycles. The number of fused-ring (bicyclic) bond motifs is 1. The van der Waals surface area contributed by atoms with Crippen molar-refractivity contribution in [3.63, 3.8) is 0 Å². The van der Waals surface area contributed by atoms with Crippen LogP contribution in [-0.2, 0) is 20.8 Å². The van der Waals surface area contributed by atoms with Crippen molar-refractivity contribution in [1.82, 2.24) is 5.32 Å². The zero-order valence-corrected chi connectivity index (χ0v) is 22.9. The summed E-state index contributed by atoms with van der Waals surface area (Å²) < 4.78 is 11.7. The Labute approximate surface area is 233 Å². The molecule has 10 heteroatoms. The molecule has 216 valence electrons. The summed E-state index contributed by atoms with van der Waals surface area (Å²) in [7, 11) is 3.69. The van der Waals surface area contributed by atoms with Gasteiger partial charge in [-0.05, 0) is 36.6 Å². The minimum absolute atomic E-state index is 0.187. The van der Waals surface area contributed by atoms with Crippen LogP contribution in [0.4, 0.5) is 0 Å². The molecule has 0 aliphatic carbocycles. The highest BCUT2D eigenvalue weighted by Crippen LogP contribution is 2.29. The standard InChI is InChI=1S/C24H29NO2.C6H8O7/c1-4-8-18-13-14-20-19(17-18)9-7-12-24(20)27-16-15-22(25-2)21-10-5-6-11-23(21)26-3;7-3(8)1-6(13,5(11)12)2-4(9)10/h5-7,9-14,17,22,25H,4,8,15-16H2,1-3H3;13H,1-2H2,(H,7,8)(H,9,10)(H,11,12). The molecule has 0 saturated heterocycles. The van der Waals surface area contributed by atoms with Gasteiger partial charge < -0.3 is 35.2 Å². The van der Waals surface area contributed by atoms with Crippen LogP contribution in [0.5, 0.6) is 11.5 Å². The maximum absolute atomic E-state index is 10.3. The first-order valence-corrected chi connectivity index (χ1v) is 12.9. The van der Waals surface area contributed by atoms with Crippen molar-refractivity contribution in [3.05, 3.63) is 71.8 Å². The van der Waals surface area contributed by atoms with E-state index >= 15 is 0 Å². The fraction of sp³-hybridized carbons (Fsp3) is 0.367. The van der Waals surface area contributed by atoms with Crippen LogP contribution in [0.25, 0.3) is 10.8 Å². The van der Waals surface area contributed by atoms with E-state index in [1.54, 1.807) is 7.11 Å². The molecule has 10 nitrogen and oxygen atoms in total. The summed E-state index contributed by atoms with van der Waals surface area (Å²) in [5.41, 5.74) is -0.195. The van der Waals surface area contributed by atoms with E-state index in [0.717, 1.165) is 36.3 Å². The first kappa shape index (κ1) is 32.1. The second-order valence-electron chi connectivity index (χ2n) is 9.26. The van der Waals surface area contributed by atoms with E-state index in [-0.39, 0.29) is 6.04 Å². The van der Waals surface area contributed by atoms with E-state index in [9.17, 15) is 14.4 Å². The number of aryl methyl sites for hydroxylation is 1. The number of nitrogens with one attached hydrogen (secondary N) is 1. The van der Waals surface area contributed by atoms with Crippen molar-refractivity contribution < 1.29 is 44.3 Å². The molecule has 5 N–H and O–H groups in total. The first-order valence-electron chi connectivity index (χ1n) is 12.9. The largest absolute Gasteiger partial charge is 0.496 e. The summed E-state index contributed by atoms with van der Waals surface area (Å²) in [4.78, 5) is 30.5. The van der Waals surface area contributed by atoms with Gasteiger partial charge in [0.2, 0.25) is 0 Å². The van der Waals surface area contributed by atoms with E-state index in [2.05, 4.69) is 54.7 Å². The zero-order chi connectivity index (χ0) is 29.7. The van der Waals surface area contributed by atoms with E-state index < -0.39 is 36.4 Å². The molecule has 0 fully saturated rings. The highest BCUT2D eigenvalue weighted by molar-refractivity contribution is 5.89. The molecule has 40 heavy (non-hydrogen) atoms. The number of benzene rings is 3. The summed E-state index contributed by atoms with van der Waals surface area (Å²) in [6.45, 7) is 2.85. The van der Waals surface area contributed by atoms with Gasteiger partial charge in [-0.3, -0.25) is 9.59 Å². The Balaban J connectivity index is 0.000000366. The Morgan fingerprint density at radius 2 is 1.57 bits per heavy atom. The van der Waals surface area contributed by atoms with Gasteiger partial charge in [0.25, 0.3) is 0 Å². The molecule has 3 rings (SSSR count). The van der Waals surface area contributed by atoms with Crippen molar-refractivity contribution in [2.24, 2.45) is 0 Å². The highest BCUT2D eigenvalue weighted by Gasteiger charge is 2.40. The summed E-state index contributed by atoms with van der Waals surface area (Å²) >= 11 is 0. The predicted molar refractivity (Wildman–Crippen MR) is 150 cm³/mol. The maximum atomic E-state index is 10.3. The molecule has 0 spiro atoms. The van der Waals surface area contributed by atoms with Crippen molar-refractivity contribution in [2.75, 3.05) is 20.8 Å². The SMILES string of the molecule is CCCc1ccc2c(OCCC(NC)c3ccccc3OC)cccc2c1.O=C(O)CC(O)(CC(=O)O)C(=O)O. The van der Waals surface area contributed by atoms with E-state index in [0.29, 0.717) is 6.61 Å². The third-order valence-corrected chi connectivity index (χ3v) is 6.26. The van der Waals surface area contributed by atoms with Crippen molar-refractivity contribution in [1.29, 1.82) is 0 Å². The highest BCUT2D eigenvalue weighted by atomic mass is 16.5. The third-order valence-electron chi connectivity index (χ3n) is 6.26. The van der Waals surface area contributed by atoms with E-state index in [1.165, 1.54) is 16.3 Å². The van der Waals surface area contributed by atoms with Crippen LogP contribution < -0.4 is 14.8 Å². The summed E-state index contributed by atoms with van der Waals surface area (Å²) in [5, 5.41) is 39.6. The molecular formula is C30H37NO9. The van der Waals surface area contributed by atoms with Crippen LogP contribution >= 0.6 is 0 Å². The molecule has 0 saturated carbocycles. The number of rotatable bonds is 14. The number of hydrogen-bond donors (Lipinski definition) is 5. The molecule has 1 atom stereocenters. The molecule has 1 unspecified atom stereocenters. The Kier molecular flexibility index (Phi) is 12.4. The van der Waals surface area contributed by atoms with Crippen LogP contribution in [0, 0.1) is 0 Å². The fourth-order valence-corrected chi connectivity index (χ4v) is 4.28. The number of para-hydroxylation sites is 1. The molecule has 0 heterocycles. The number of methoxy groups -OCH3 is 1. The number of aliphatic hydroxyl groups is 1. The van der Waals surface area contributed by atoms with E-state index in [4.69, 9.17) is 29.9 Å². The van der Waals surface area contributed by atoms with Crippen LogP contribution in [0.15, 0.2) is 60.7 Å². The van der Waals surface area contributed by atoms with Gasteiger partial charge in [0.15, 0.2) is 5.60 Å². The van der Waals surface area contributed by atoms with Gasteiger partial charge in [-0.1, -0.05) is 61.9 Å². The zero-order valence-electron chi connectivity index (χ0n) is 22.9. The van der Waals surface area contributed by atoms with Gasteiger partial charge in [-0.25, -0.2) is 4.79 Å². The summed E-state index contributed by atoms with van der Waals surface area (Å²) in [6.07, 6.45) is 0.851. The van der Waals surface area contributed by atoms with Crippen LogP contribution in [0.1, 0.15) is 49.8 Å². The number of carbonyl (C=O) groups is 3. The Morgan fingerprint density at radius 3 is 2.15 bits per heavy atom. The molecule has 3 aromatic rings. The number of ether oxygens (including phenoxy) is 2.